The molecule has 92 valence electrons. The number of rotatable bonds is 5. The van der Waals surface area contributed by atoms with Crippen LogP contribution in [0.25, 0.3) is 0 Å². The van der Waals surface area contributed by atoms with Crippen molar-refractivity contribution in [2.75, 3.05) is 19.0 Å². The van der Waals surface area contributed by atoms with E-state index in [0.29, 0.717) is 18.7 Å². The zero-order chi connectivity index (χ0) is 12.7. The predicted octanol–water partition coefficient (Wildman–Crippen LogP) is 1.53. The summed E-state index contributed by atoms with van der Waals surface area (Å²) in [5, 5.41) is 5.25. The minimum Gasteiger partial charge on any atom is -0.353 e. The first kappa shape index (κ1) is 14.0. The Hall–Kier alpha value is -1.07. The largest absolute Gasteiger partial charge is 0.353 e. The second-order valence-electron chi connectivity index (χ2n) is 3.22. The number of carbonyl (C=O) groups excluding carboxylic acids is 2. The minimum atomic E-state index is -0.248. The summed E-state index contributed by atoms with van der Waals surface area (Å²) in [7, 11) is 0. The molecule has 0 saturated carbocycles. The number of hydrogen-bond donors (Lipinski definition) is 2. The Labute approximate surface area is 113 Å². The van der Waals surface area contributed by atoms with E-state index >= 15 is 0 Å². The molecule has 1 aromatic carbocycles. The molecule has 0 fully saturated rings. The topological polar surface area (TPSA) is 58.2 Å². The zero-order valence-electron chi connectivity index (χ0n) is 9.00. The molecule has 0 aromatic heterocycles. The van der Waals surface area contributed by atoms with Gasteiger partial charge in [-0.15, -0.1) is 11.6 Å². The molecule has 0 heterocycles. The van der Waals surface area contributed by atoms with Crippen LogP contribution in [0.5, 0.6) is 0 Å². The lowest BCUT2D eigenvalue weighted by Crippen LogP contribution is -2.35. The fourth-order valence-electron chi connectivity index (χ4n) is 1.17. The molecule has 0 saturated heterocycles. The summed E-state index contributed by atoms with van der Waals surface area (Å²) in [5.74, 6) is -0.502. The Balaban J connectivity index is 2.36. The lowest BCUT2D eigenvalue weighted by atomic mass is 10.2. The molecule has 0 aliphatic carbocycles. The maximum absolute atomic E-state index is 11.7. The number of halogens is 2. The lowest BCUT2D eigenvalue weighted by molar-refractivity contribution is -0.118. The summed E-state index contributed by atoms with van der Waals surface area (Å²) < 4.78 is 0.738. The normalized spacial score (nSPS) is 9.76. The summed E-state index contributed by atoms with van der Waals surface area (Å²) in [6.45, 7) is 0.727. The molecule has 0 bridgehead atoms. The number of benzene rings is 1. The number of hydrogen-bond acceptors (Lipinski definition) is 2. The van der Waals surface area contributed by atoms with Crippen LogP contribution >= 0.6 is 27.5 Å². The summed E-state index contributed by atoms with van der Waals surface area (Å²) >= 11 is 8.60. The van der Waals surface area contributed by atoms with E-state index in [1.807, 2.05) is 6.07 Å². The highest BCUT2D eigenvalue weighted by Gasteiger charge is 2.07. The van der Waals surface area contributed by atoms with Crippen molar-refractivity contribution >= 4 is 39.3 Å². The van der Waals surface area contributed by atoms with E-state index in [1.165, 1.54) is 0 Å². The fourth-order valence-corrected chi connectivity index (χ4v) is 1.73. The van der Waals surface area contributed by atoms with Crippen LogP contribution in [0.15, 0.2) is 28.7 Å². The van der Waals surface area contributed by atoms with E-state index in [4.69, 9.17) is 11.6 Å². The molecule has 0 aliphatic heterocycles. The van der Waals surface area contributed by atoms with Gasteiger partial charge in [0.25, 0.3) is 5.91 Å². The van der Waals surface area contributed by atoms with E-state index in [2.05, 4.69) is 26.6 Å². The maximum Gasteiger partial charge on any atom is 0.252 e. The van der Waals surface area contributed by atoms with Crippen molar-refractivity contribution in [1.29, 1.82) is 0 Å². The summed E-state index contributed by atoms with van der Waals surface area (Å²) in [6.07, 6.45) is 0. The third-order valence-electron chi connectivity index (χ3n) is 1.97. The quantitative estimate of drug-likeness (QED) is 0.639. The van der Waals surface area contributed by atoms with Gasteiger partial charge >= 0.3 is 0 Å². The molecular weight excluding hydrogens is 307 g/mol. The van der Waals surface area contributed by atoms with Crippen molar-refractivity contribution in [2.24, 2.45) is 0 Å². The predicted molar refractivity (Wildman–Crippen MR) is 70.2 cm³/mol. The number of carbonyl (C=O) groups is 2. The lowest BCUT2D eigenvalue weighted by Gasteiger charge is -2.07. The van der Waals surface area contributed by atoms with Crippen molar-refractivity contribution in [3.05, 3.63) is 34.3 Å². The second kappa shape index (κ2) is 7.29. The first-order valence-electron chi connectivity index (χ1n) is 5.00. The van der Waals surface area contributed by atoms with Gasteiger partial charge in [0.2, 0.25) is 5.91 Å². The van der Waals surface area contributed by atoms with Gasteiger partial charge < -0.3 is 10.6 Å². The number of alkyl halides is 1. The molecule has 1 rings (SSSR count). The Bertz CT molecular complexity index is 412. The van der Waals surface area contributed by atoms with Crippen LogP contribution in [0, 0.1) is 0 Å². The molecule has 2 N–H and O–H groups in total. The summed E-state index contributed by atoms with van der Waals surface area (Å²) in [4.78, 5) is 22.5. The Kier molecular flexibility index (Phi) is 6.00. The smallest absolute Gasteiger partial charge is 0.252 e. The first-order chi connectivity index (χ1) is 8.15. The van der Waals surface area contributed by atoms with Gasteiger partial charge in [0, 0.05) is 17.6 Å². The van der Waals surface area contributed by atoms with Crippen molar-refractivity contribution in [3.8, 4) is 0 Å². The molecule has 0 spiro atoms. The molecule has 4 nitrogen and oxygen atoms in total. The molecule has 17 heavy (non-hydrogen) atoms. The van der Waals surface area contributed by atoms with Gasteiger partial charge in [-0.1, -0.05) is 12.1 Å². The zero-order valence-corrected chi connectivity index (χ0v) is 11.3. The monoisotopic (exact) mass is 318 g/mol. The highest BCUT2D eigenvalue weighted by Crippen LogP contribution is 2.15. The maximum atomic E-state index is 11.7. The molecule has 0 atom stereocenters. The van der Waals surface area contributed by atoms with Crippen LogP contribution in [-0.4, -0.2) is 30.8 Å². The first-order valence-corrected chi connectivity index (χ1v) is 6.33. The van der Waals surface area contributed by atoms with E-state index in [9.17, 15) is 9.59 Å². The van der Waals surface area contributed by atoms with Gasteiger partial charge in [-0.25, -0.2) is 0 Å². The standard InChI is InChI=1S/C11H12BrClN2O2/c12-9-4-2-1-3-8(9)11(17)15-6-5-14-10(16)7-13/h1-4H,5-7H2,(H,14,16)(H,15,17). The SMILES string of the molecule is O=C(CCl)NCCNC(=O)c1ccccc1Br. The third kappa shape index (κ3) is 4.75. The number of nitrogens with one attached hydrogen (secondary N) is 2. The van der Waals surface area contributed by atoms with Gasteiger partial charge in [-0.05, 0) is 28.1 Å². The van der Waals surface area contributed by atoms with Crippen LogP contribution < -0.4 is 10.6 Å². The fraction of sp³-hybridized carbons (Fsp3) is 0.273. The average molecular weight is 320 g/mol. The van der Waals surface area contributed by atoms with Crippen molar-refractivity contribution in [1.82, 2.24) is 10.6 Å². The van der Waals surface area contributed by atoms with Crippen molar-refractivity contribution < 1.29 is 9.59 Å². The molecular formula is C11H12BrClN2O2. The minimum absolute atomic E-state index is 0.0713. The molecule has 2 amide bonds. The Morgan fingerprint density at radius 2 is 1.82 bits per heavy atom. The third-order valence-corrected chi connectivity index (χ3v) is 2.91. The molecule has 0 unspecified atom stereocenters. The van der Waals surface area contributed by atoms with E-state index in [1.54, 1.807) is 18.2 Å². The molecule has 0 aliphatic rings. The van der Waals surface area contributed by atoms with Crippen LogP contribution in [0.3, 0.4) is 0 Å². The van der Waals surface area contributed by atoms with Gasteiger partial charge in [0.05, 0.1) is 5.56 Å². The second-order valence-corrected chi connectivity index (χ2v) is 4.34. The van der Waals surface area contributed by atoms with Crippen LogP contribution in [0.2, 0.25) is 0 Å². The molecule has 6 heteroatoms. The van der Waals surface area contributed by atoms with Crippen LogP contribution in [-0.2, 0) is 4.79 Å². The van der Waals surface area contributed by atoms with Crippen LogP contribution in [0.1, 0.15) is 10.4 Å². The molecule has 1 aromatic rings. The van der Waals surface area contributed by atoms with Gasteiger partial charge in [0.1, 0.15) is 5.88 Å². The highest BCUT2D eigenvalue weighted by molar-refractivity contribution is 9.10. The van der Waals surface area contributed by atoms with E-state index in [0.717, 1.165) is 4.47 Å². The van der Waals surface area contributed by atoms with Gasteiger partial charge in [0.15, 0.2) is 0 Å². The van der Waals surface area contributed by atoms with Gasteiger partial charge in [-0.3, -0.25) is 9.59 Å². The summed E-state index contributed by atoms with van der Waals surface area (Å²) in [6, 6.07) is 7.14. The van der Waals surface area contributed by atoms with E-state index < -0.39 is 0 Å². The van der Waals surface area contributed by atoms with E-state index in [-0.39, 0.29) is 17.7 Å². The van der Waals surface area contributed by atoms with Crippen molar-refractivity contribution in [3.63, 3.8) is 0 Å². The Morgan fingerprint density at radius 3 is 2.47 bits per heavy atom. The molecule has 0 radical (unpaired) electrons. The average Bonchev–Trinajstić information content (AvgIpc) is 2.34. The Morgan fingerprint density at radius 1 is 1.18 bits per heavy atom. The van der Waals surface area contributed by atoms with Gasteiger partial charge in [-0.2, -0.15) is 0 Å². The van der Waals surface area contributed by atoms with Crippen molar-refractivity contribution in [2.45, 2.75) is 0 Å². The highest BCUT2D eigenvalue weighted by atomic mass is 79.9. The number of amides is 2. The summed E-state index contributed by atoms with van der Waals surface area (Å²) in [5.41, 5.74) is 0.566. The van der Waals surface area contributed by atoms with Crippen LogP contribution in [0.4, 0.5) is 0 Å².